The summed E-state index contributed by atoms with van der Waals surface area (Å²) in [5, 5.41) is 4.97. The lowest BCUT2D eigenvalue weighted by Crippen LogP contribution is -2.29. The van der Waals surface area contributed by atoms with Crippen molar-refractivity contribution in [2.24, 2.45) is 0 Å². The fourth-order valence-corrected chi connectivity index (χ4v) is 2.38. The molecule has 0 aliphatic rings. The van der Waals surface area contributed by atoms with Crippen LogP contribution < -0.4 is 10.6 Å². The maximum Gasteiger partial charge on any atom is 0.339 e. The molecule has 0 bridgehead atoms. The Morgan fingerprint density at radius 2 is 1.58 bits per heavy atom. The highest BCUT2D eigenvalue weighted by Crippen LogP contribution is 2.16. The second-order valence-electron chi connectivity index (χ2n) is 5.75. The fourth-order valence-electron chi connectivity index (χ4n) is 2.38. The smallest absolute Gasteiger partial charge is 0.339 e. The van der Waals surface area contributed by atoms with E-state index in [0.717, 1.165) is 19.3 Å². The van der Waals surface area contributed by atoms with Gasteiger partial charge in [-0.2, -0.15) is 0 Å². The predicted molar refractivity (Wildman–Crippen MR) is 100 cm³/mol. The number of esters is 1. The van der Waals surface area contributed by atoms with Gasteiger partial charge in [0.2, 0.25) is 0 Å². The summed E-state index contributed by atoms with van der Waals surface area (Å²) in [5.41, 5.74) is 2.11. The highest BCUT2D eigenvalue weighted by molar-refractivity contribution is 6.43. The third kappa shape index (κ3) is 5.17. The van der Waals surface area contributed by atoms with Crippen molar-refractivity contribution in [2.75, 3.05) is 17.7 Å². The Kier molecular flexibility index (Phi) is 6.91. The van der Waals surface area contributed by atoms with Gasteiger partial charge in [-0.05, 0) is 42.7 Å². The third-order valence-corrected chi connectivity index (χ3v) is 3.82. The van der Waals surface area contributed by atoms with Crippen LogP contribution in [0, 0.1) is 0 Å². The second kappa shape index (κ2) is 9.36. The average molecular weight is 354 g/mol. The van der Waals surface area contributed by atoms with E-state index in [1.807, 2.05) is 12.1 Å². The first-order valence-electron chi connectivity index (χ1n) is 8.43. The number of benzene rings is 2. The topological polar surface area (TPSA) is 84.5 Å². The maximum atomic E-state index is 12.1. The molecule has 0 aliphatic carbocycles. The van der Waals surface area contributed by atoms with E-state index in [1.165, 1.54) is 24.8 Å². The first-order valence-corrected chi connectivity index (χ1v) is 8.43. The van der Waals surface area contributed by atoms with Crippen LogP contribution in [0.5, 0.6) is 0 Å². The maximum absolute atomic E-state index is 12.1. The van der Waals surface area contributed by atoms with Crippen molar-refractivity contribution >= 4 is 29.2 Å². The van der Waals surface area contributed by atoms with Gasteiger partial charge in [0.05, 0.1) is 18.4 Å². The number of unbranched alkanes of at least 4 members (excludes halogenated alkanes) is 1. The molecule has 0 saturated heterocycles. The average Bonchev–Trinajstić information content (AvgIpc) is 2.67. The minimum absolute atomic E-state index is 0.177. The number of carbonyl (C=O) groups excluding carboxylic acids is 3. The van der Waals surface area contributed by atoms with Gasteiger partial charge < -0.3 is 15.4 Å². The third-order valence-electron chi connectivity index (χ3n) is 3.82. The SMILES string of the molecule is CCCCc1ccc(NC(=O)C(=O)Nc2ccccc2C(=O)OC)cc1. The zero-order valence-corrected chi connectivity index (χ0v) is 14.9. The molecule has 2 aromatic rings. The van der Waals surface area contributed by atoms with Crippen molar-refractivity contribution < 1.29 is 19.1 Å². The van der Waals surface area contributed by atoms with Gasteiger partial charge in [-0.15, -0.1) is 0 Å². The van der Waals surface area contributed by atoms with Gasteiger partial charge in [-0.25, -0.2) is 4.79 Å². The lowest BCUT2D eigenvalue weighted by molar-refractivity contribution is -0.133. The molecule has 0 fully saturated rings. The molecule has 0 aliphatic heterocycles. The van der Waals surface area contributed by atoms with Crippen LogP contribution in [-0.2, 0) is 20.7 Å². The summed E-state index contributed by atoms with van der Waals surface area (Å²) in [4.78, 5) is 35.9. The molecule has 0 saturated carbocycles. The van der Waals surface area contributed by atoms with Crippen molar-refractivity contribution in [2.45, 2.75) is 26.2 Å². The van der Waals surface area contributed by atoms with Crippen molar-refractivity contribution in [1.29, 1.82) is 0 Å². The summed E-state index contributed by atoms with van der Waals surface area (Å²) in [5.74, 6) is -2.27. The Labute approximate surface area is 152 Å². The van der Waals surface area contributed by atoms with Gasteiger partial charge in [-0.3, -0.25) is 9.59 Å². The molecule has 0 spiro atoms. The number of anilines is 2. The molecule has 26 heavy (non-hydrogen) atoms. The van der Waals surface area contributed by atoms with E-state index < -0.39 is 17.8 Å². The zero-order valence-electron chi connectivity index (χ0n) is 14.9. The number of aryl methyl sites for hydroxylation is 1. The molecule has 136 valence electrons. The van der Waals surface area contributed by atoms with E-state index in [1.54, 1.807) is 24.3 Å². The van der Waals surface area contributed by atoms with Crippen LogP contribution in [0.25, 0.3) is 0 Å². The summed E-state index contributed by atoms with van der Waals surface area (Å²) in [6.07, 6.45) is 3.20. The van der Waals surface area contributed by atoms with Crippen LogP contribution in [-0.4, -0.2) is 24.9 Å². The van der Waals surface area contributed by atoms with E-state index in [-0.39, 0.29) is 11.3 Å². The summed E-state index contributed by atoms with van der Waals surface area (Å²) in [6.45, 7) is 2.13. The number of carbonyl (C=O) groups is 3. The van der Waals surface area contributed by atoms with Crippen molar-refractivity contribution in [1.82, 2.24) is 0 Å². The van der Waals surface area contributed by atoms with Gasteiger partial charge in [0.1, 0.15) is 0 Å². The molecule has 6 heteroatoms. The molecule has 0 aromatic heterocycles. The number of ether oxygens (including phenoxy) is 1. The Balaban J connectivity index is 2.00. The minimum Gasteiger partial charge on any atom is -0.465 e. The first-order chi connectivity index (χ1) is 12.5. The molecule has 2 rings (SSSR count). The molecule has 0 atom stereocenters. The number of hydrogen-bond donors (Lipinski definition) is 2. The quantitative estimate of drug-likeness (QED) is 0.615. The van der Waals surface area contributed by atoms with Crippen LogP contribution in [0.4, 0.5) is 11.4 Å². The zero-order chi connectivity index (χ0) is 18.9. The monoisotopic (exact) mass is 354 g/mol. The molecule has 2 N–H and O–H groups in total. The van der Waals surface area contributed by atoms with E-state index in [4.69, 9.17) is 0 Å². The predicted octanol–water partition coefficient (Wildman–Crippen LogP) is 3.39. The minimum atomic E-state index is -0.864. The van der Waals surface area contributed by atoms with Crippen LogP contribution in [0.1, 0.15) is 35.7 Å². The van der Waals surface area contributed by atoms with Crippen LogP contribution >= 0.6 is 0 Å². The van der Waals surface area contributed by atoms with Gasteiger partial charge in [0.25, 0.3) is 0 Å². The van der Waals surface area contributed by atoms with Crippen LogP contribution in [0.15, 0.2) is 48.5 Å². The number of nitrogens with one attached hydrogen (secondary N) is 2. The van der Waals surface area contributed by atoms with E-state index >= 15 is 0 Å². The molecule has 2 amide bonds. The lowest BCUT2D eigenvalue weighted by atomic mass is 10.1. The Morgan fingerprint density at radius 3 is 2.23 bits per heavy atom. The largest absolute Gasteiger partial charge is 0.465 e. The number of rotatable bonds is 6. The summed E-state index contributed by atoms with van der Waals surface area (Å²) in [6, 6.07) is 13.7. The van der Waals surface area contributed by atoms with Crippen molar-refractivity contribution in [3.8, 4) is 0 Å². The lowest BCUT2D eigenvalue weighted by Gasteiger charge is -2.10. The second-order valence-corrected chi connectivity index (χ2v) is 5.75. The van der Waals surface area contributed by atoms with Gasteiger partial charge in [0, 0.05) is 5.69 Å². The summed E-state index contributed by atoms with van der Waals surface area (Å²) < 4.78 is 4.66. The standard InChI is InChI=1S/C20H22N2O4/c1-3-4-7-14-10-12-15(13-11-14)21-18(23)19(24)22-17-9-6-5-8-16(17)20(25)26-2/h5-6,8-13H,3-4,7H2,1-2H3,(H,21,23)(H,22,24). The molecule has 0 radical (unpaired) electrons. The molecule has 0 unspecified atom stereocenters. The number of hydrogen-bond acceptors (Lipinski definition) is 4. The molecule has 6 nitrogen and oxygen atoms in total. The van der Waals surface area contributed by atoms with Crippen LogP contribution in [0.2, 0.25) is 0 Å². The highest BCUT2D eigenvalue weighted by Gasteiger charge is 2.18. The Morgan fingerprint density at radius 1 is 0.923 bits per heavy atom. The first kappa shape index (κ1) is 19.2. The van der Waals surface area contributed by atoms with Crippen molar-refractivity contribution in [3.63, 3.8) is 0 Å². The van der Waals surface area contributed by atoms with Gasteiger partial charge in [-0.1, -0.05) is 37.6 Å². The van der Waals surface area contributed by atoms with E-state index in [9.17, 15) is 14.4 Å². The van der Waals surface area contributed by atoms with E-state index in [2.05, 4.69) is 22.3 Å². The molecular weight excluding hydrogens is 332 g/mol. The van der Waals surface area contributed by atoms with E-state index in [0.29, 0.717) is 5.69 Å². The van der Waals surface area contributed by atoms with Crippen LogP contribution in [0.3, 0.4) is 0 Å². The summed E-state index contributed by atoms with van der Waals surface area (Å²) in [7, 11) is 1.25. The number of amides is 2. The van der Waals surface area contributed by atoms with Gasteiger partial charge >= 0.3 is 17.8 Å². The fraction of sp³-hybridized carbons (Fsp3) is 0.250. The number of methoxy groups -OCH3 is 1. The van der Waals surface area contributed by atoms with Gasteiger partial charge in [0.15, 0.2) is 0 Å². The summed E-state index contributed by atoms with van der Waals surface area (Å²) >= 11 is 0. The Hall–Kier alpha value is -3.15. The molecule has 0 heterocycles. The molecular formula is C20H22N2O4. The Bertz CT molecular complexity index is 785. The number of para-hydroxylation sites is 1. The normalized spacial score (nSPS) is 10.1. The highest BCUT2D eigenvalue weighted by atomic mass is 16.5. The van der Waals surface area contributed by atoms with Crippen molar-refractivity contribution in [3.05, 3.63) is 59.7 Å². The molecule has 2 aromatic carbocycles.